The molecule has 4 aromatic rings. The Kier molecular flexibility index (Phi) is 9.31. The number of rotatable bonds is 4. The Morgan fingerprint density at radius 3 is 2.37 bits per heavy atom. The first-order valence-corrected chi connectivity index (χ1v) is 11.8. The minimum atomic E-state index is -0.319. The predicted octanol–water partition coefficient (Wildman–Crippen LogP) is 7.03. The van der Waals surface area contributed by atoms with Gasteiger partial charge in [0.15, 0.2) is 5.49 Å². The Labute approximate surface area is 205 Å². The molecule has 7 heteroatoms. The lowest BCUT2D eigenvalue weighted by atomic mass is 10.1. The van der Waals surface area contributed by atoms with Crippen LogP contribution in [0.15, 0.2) is 95.0 Å². The normalized spacial score (nSPS) is 11.7. The van der Waals surface area contributed by atoms with E-state index in [1.54, 1.807) is 23.0 Å². The van der Waals surface area contributed by atoms with E-state index in [1.165, 1.54) is 12.1 Å². The third-order valence-corrected chi connectivity index (χ3v) is 4.62. The summed E-state index contributed by atoms with van der Waals surface area (Å²) in [5.74, 6) is 1.65. The van der Waals surface area contributed by atoms with E-state index >= 15 is 0 Å². The standard InChI is InChI=1S/C24H18FN5O.2C2H6/c25-18-7-4-6-17(14-18)22-16-23(29-24-26-12-13-27-30(22)24)28-19-8-5-11-21(15-19)31-20-9-2-1-3-10-20;2*1-2/h1-11,13-16H,12H2,(H,26,28,29);2*1-2H3. The molecule has 1 N–H and O–H groups in total. The first-order valence-electron chi connectivity index (χ1n) is 11.8. The van der Waals surface area contributed by atoms with Gasteiger partial charge in [-0.05, 0) is 36.4 Å². The fraction of sp³-hybridized carbons (Fsp3) is 0.179. The van der Waals surface area contributed by atoms with Crippen molar-refractivity contribution in [2.75, 3.05) is 11.9 Å². The van der Waals surface area contributed by atoms with E-state index in [0.29, 0.717) is 40.7 Å². The van der Waals surface area contributed by atoms with Crippen molar-refractivity contribution in [2.24, 2.45) is 10.1 Å². The second-order valence-electron chi connectivity index (χ2n) is 6.85. The summed E-state index contributed by atoms with van der Waals surface area (Å²) in [6.07, 6.45) is 1.73. The van der Waals surface area contributed by atoms with Gasteiger partial charge in [-0.25, -0.2) is 14.1 Å². The molecule has 0 unspecified atom stereocenters. The molecule has 1 aliphatic rings. The molecule has 0 saturated heterocycles. The van der Waals surface area contributed by atoms with Crippen LogP contribution in [-0.2, 0) is 0 Å². The number of hydrogen-bond donors (Lipinski definition) is 1. The average Bonchev–Trinajstić information content (AvgIpc) is 2.91. The molecule has 0 saturated carbocycles. The molecular formula is C28H30FN5O. The molecule has 2 heterocycles. The summed E-state index contributed by atoms with van der Waals surface area (Å²) in [4.78, 5) is 9.24. The number of benzene rings is 3. The van der Waals surface area contributed by atoms with Crippen molar-refractivity contribution in [3.63, 3.8) is 0 Å². The van der Waals surface area contributed by atoms with Crippen molar-refractivity contribution < 1.29 is 9.13 Å². The van der Waals surface area contributed by atoms with Crippen LogP contribution in [-0.4, -0.2) is 22.4 Å². The molecule has 0 aliphatic carbocycles. The molecular weight excluding hydrogens is 441 g/mol. The average molecular weight is 472 g/mol. The molecule has 35 heavy (non-hydrogen) atoms. The highest BCUT2D eigenvalue weighted by Gasteiger charge is 2.13. The van der Waals surface area contributed by atoms with Gasteiger partial charge in [0.25, 0.3) is 0 Å². The first-order chi connectivity index (χ1) is 17.2. The molecule has 3 aromatic carbocycles. The third kappa shape index (κ3) is 6.63. The predicted molar refractivity (Wildman–Crippen MR) is 141 cm³/mol. The number of hydrogen-bond acceptors (Lipinski definition) is 5. The molecule has 6 nitrogen and oxygen atoms in total. The topological polar surface area (TPSA) is 63.8 Å². The van der Waals surface area contributed by atoms with Crippen molar-refractivity contribution in [1.82, 2.24) is 9.66 Å². The number of ether oxygens (including phenoxy) is 1. The van der Waals surface area contributed by atoms with Crippen molar-refractivity contribution in [3.05, 3.63) is 96.2 Å². The van der Waals surface area contributed by atoms with E-state index in [2.05, 4.69) is 20.4 Å². The van der Waals surface area contributed by atoms with Gasteiger partial charge in [0.1, 0.15) is 17.3 Å². The Morgan fingerprint density at radius 2 is 1.60 bits per heavy atom. The largest absolute Gasteiger partial charge is 0.457 e. The van der Waals surface area contributed by atoms with E-state index < -0.39 is 0 Å². The van der Waals surface area contributed by atoms with Crippen molar-refractivity contribution >= 4 is 17.9 Å². The van der Waals surface area contributed by atoms with Gasteiger partial charge in [0, 0.05) is 23.9 Å². The molecule has 1 aromatic heterocycles. The van der Waals surface area contributed by atoms with Gasteiger partial charge in [-0.3, -0.25) is 0 Å². The fourth-order valence-electron chi connectivity index (χ4n) is 3.26. The molecule has 0 atom stereocenters. The van der Waals surface area contributed by atoms with Crippen LogP contribution >= 0.6 is 0 Å². The number of nitrogens with zero attached hydrogens (tertiary/aromatic N) is 4. The van der Waals surface area contributed by atoms with Crippen molar-refractivity contribution in [3.8, 4) is 22.8 Å². The quantitative estimate of drug-likeness (QED) is 0.348. The van der Waals surface area contributed by atoms with Crippen LogP contribution in [0.1, 0.15) is 27.7 Å². The molecule has 0 radical (unpaired) electrons. The van der Waals surface area contributed by atoms with E-state index in [9.17, 15) is 4.39 Å². The van der Waals surface area contributed by atoms with Crippen molar-refractivity contribution in [1.29, 1.82) is 0 Å². The molecule has 1 aliphatic heterocycles. The first kappa shape index (κ1) is 25.4. The van der Waals surface area contributed by atoms with Crippen LogP contribution in [0.5, 0.6) is 11.5 Å². The molecule has 0 amide bonds. The molecule has 5 rings (SSSR count). The third-order valence-electron chi connectivity index (χ3n) is 4.62. The molecule has 180 valence electrons. The van der Waals surface area contributed by atoms with Gasteiger partial charge in [-0.2, -0.15) is 10.1 Å². The number of halogens is 1. The van der Waals surface area contributed by atoms with Crippen LogP contribution in [0, 0.1) is 5.82 Å². The summed E-state index contributed by atoms with van der Waals surface area (Å²) in [7, 11) is 0. The van der Waals surface area contributed by atoms with Crippen LogP contribution < -0.4 is 15.5 Å². The highest BCUT2D eigenvalue weighted by molar-refractivity contribution is 5.69. The molecule has 0 spiro atoms. The lowest BCUT2D eigenvalue weighted by Gasteiger charge is -2.17. The van der Waals surface area contributed by atoms with Crippen molar-refractivity contribution in [2.45, 2.75) is 27.7 Å². The lowest BCUT2D eigenvalue weighted by molar-refractivity contribution is 0.483. The monoisotopic (exact) mass is 471 g/mol. The number of para-hydroxylation sites is 1. The van der Waals surface area contributed by atoms with Gasteiger partial charge in [-0.1, -0.05) is 64.1 Å². The van der Waals surface area contributed by atoms with Crippen LogP contribution in [0.2, 0.25) is 0 Å². The van der Waals surface area contributed by atoms with E-state index in [0.717, 1.165) is 5.75 Å². The minimum Gasteiger partial charge on any atom is -0.457 e. The van der Waals surface area contributed by atoms with Crippen LogP contribution in [0.25, 0.3) is 11.3 Å². The fourth-order valence-corrected chi connectivity index (χ4v) is 3.26. The zero-order valence-corrected chi connectivity index (χ0v) is 20.4. The lowest BCUT2D eigenvalue weighted by Crippen LogP contribution is -2.23. The summed E-state index contributed by atoms with van der Waals surface area (Å²) in [6.45, 7) is 8.56. The number of fused-ring (bicyclic) bond motifs is 1. The Morgan fingerprint density at radius 1 is 0.857 bits per heavy atom. The Hall–Kier alpha value is -4.26. The van der Waals surface area contributed by atoms with Gasteiger partial charge >= 0.3 is 0 Å². The maximum absolute atomic E-state index is 13.8. The van der Waals surface area contributed by atoms with Crippen LogP contribution in [0.3, 0.4) is 0 Å². The van der Waals surface area contributed by atoms with E-state index in [-0.39, 0.29) is 5.82 Å². The number of aromatic nitrogens is 2. The number of nitrogens with one attached hydrogen (secondary N) is 1. The second-order valence-corrected chi connectivity index (χ2v) is 6.85. The van der Waals surface area contributed by atoms with E-state index in [1.807, 2.05) is 88.4 Å². The smallest absolute Gasteiger partial charge is 0.226 e. The number of anilines is 1. The maximum atomic E-state index is 13.8. The Balaban J connectivity index is 0.000000815. The maximum Gasteiger partial charge on any atom is 0.226 e. The Bertz CT molecular complexity index is 1330. The summed E-state index contributed by atoms with van der Waals surface area (Å²) >= 11 is 0. The van der Waals surface area contributed by atoms with Crippen LogP contribution in [0.4, 0.5) is 16.0 Å². The second kappa shape index (κ2) is 12.8. The van der Waals surface area contributed by atoms with Gasteiger partial charge in [0.2, 0.25) is 5.95 Å². The van der Waals surface area contributed by atoms with E-state index in [4.69, 9.17) is 4.74 Å². The van der Waals surface area contributed by atoms with Gasteiger partial charge in [-0.15, -0.1) is 0 Å². The summed E-state index contributed by atoms with van der Waals surface area (Å²) in [6, 6.07) is 25.2. The summed E-state index contributed by atoms with van der Waals surface area (Å²) in [5, 5.41) is 7.57. The SMILES string of the molecule is CC.CC.Fc1cccc(-c2cc(=Nc3cccc(Oc4ccccc4)c3)nc3n2N=CCN3)c1. The zero-order chi connectivity index (χ0) is 25.0. The molecule has 0 bridgehead atoms. The zero-order valence-electron chi connectivity index (χ0n) is 20.4. The van der Waals surface area contributed by atoms with Gasteiger partial charge in [0.05, 0.1) is 17.9 Å². The molecule has 0 fully saturated rings. The summed E-state index contributed by atoms with van der Waals surface area (Å²) < 4.78 is 21.4. The summed E-state index contributed by atoms with van der Waals surface area (Å²) in [5.41, 5.74) is 2.54. The minimum absolute atomic E-state index is 0.319. The van der Waals surface area contributed by atoms with Gasteiger partial charge < -0.3 is 10.1 Å². The highest BCUT2D eigenvalue weighted by Crippen LogP contribution is 2.26. The highest BCUT2D eigenvalue weighted by atomic mass is 19.1.